The Labute approximate surface area is 164 Å². The highest BCUT2D eigenvalue weighted by Gasteiger charge is 2.44. The van der Waals surface area contributed by atoms with Crippen molar-refractivity contribution in [2.24, 2.45) is 5.16 Å². The zero-order valence-corrected chi connectivity index (χ0v) is 16.2. The first-order valence-corrected chi connectivity index (χ1v) is 9.60. The Bertz CT molecular complexity index is 1020. The first kappa shape index (κ1) is 18.4. The molecule has 1 saturated carbocycles. The van der Waals surface area contributed by atoms with E-state index in [1.54, 1.807) is 6.92 Å². The first-order chi connectivity index (χ1) is 13.4. The molecule has 0 N–H and O–H groups in total. The van der Waals surface area contributed by atoms with E-state index in [0.29, 0.717) is 5.56 Å². The highest BCUT2D eigenvalue weighted by Crippen LogP contribution is 2.56. The van der Waals surface area contributed by atoms with E-state index in [-0.39, 0.29) is 16.9 Å². The SMILES string of the molecule is C=C1CCC2(CC1)c1ccccc1-c1ccc(C(=O)/C(C)=N/OC(C)=O)cc12. The lowest BCUT2D eigenvalue weighted by atomic mass is 9.66. The van der Waals surface area contributed by atoms with Gasteiger partial charge in [0.15, 0.2) is 0 Å². The third-order valence-electron chi connectivity index (χ3n) is 5.98. The maximum Gasteiger partial charge on any atom is 0.331 e. The minimum atomic E-state index is -0.544. The third-order valence-corrected chi connectivity index (χ3v) is 5.98. The van der Waals surface area contributed by atoms with Crippen molar-refractivity contribution in [3.63, 3.8) is 0 Å². The summed E-state index contributed by atoms with van der Waals surface area (Å²) in [7, 11) is 0. The Morgan fingerprint density at radius 3 is 2.39 bits per heavy atom. The van der Waals surface area contributed by atoms with E-state index < -0.39 is 5.97 Å². The zero-order valence-electron chi connectivity index (χ0n) is 16.2. The summed E-state index contributed by atoms with van der Waals surface area (Å²) in [6, 6.07) is 14.4. The molecule has 2 aliphatic carbocycles. The maximum atomic E-state index is 12.8. The van der Waals surface area contributed by atoms with Crippen LogP contribution in [0.2, 0.25) is 0 Å². The molecule has 1 spiro atoms. The summed E-state index contributed by atoms with van der Waals surface area (Å²) in [5, 5.41) is 3.65. The molecule has 2 aromatic rings. The summed E-state index contributed by atoms with van der Waals surface area (Å²) >= 11 is 0. The van der Waals surface area contributed by atoms with Crippen LogP contribution in [0.15, 0.2) is 59.8 Å². The number of ketones is 1. The normalized spacial score (nSPS) is 17.2. The highest BCUT2D eigenvalue weighted by atomic mass is 16.7. The van der Waals surface area contributed by atoms with Crippen molar-refractivity contribution in [2.75, 3.05) is 0 Å². The molecule has 0 heterocycles. The molecule has 4 heteroatoms. The smallest absolute Gasteiger partial charge is 0.318 e. The van der Waals surface area contributed by atoms with Gasteiger partial charge in [-0.1, -0.05) is 53.7 Å². The number of nitrogens with zero attached hydrogens (tertiary/aromatic N) is 1. The lowest BCUT2D eigenvalue weighted by molar-refractivity contribution is -0.140. The molecule has 0 saturated heterocycles. The molecular formula is C24H23NO3. The molecule has 4 rings (SSSR count). The molecule has 2 aliphatic rings. The maximum absolute atomic E-state index is 12.8. The summed E-state index contributed by atoms with van der Waals surface area (Å²) in [6.45, 7) is 6.99. The quantitative estimate of drug-likeness (QED) is 0.244. The van der Waals surface area contributed by atoms with Crippen LogP contribution >= 0.6 is 0 Å². The van der Waals surface area contributed by atoms with Gasteiger partial charge in [-0.2, -0.15) is 0 Å². The van der Waals surface area contributed by atoms with Crippen LogP contribution in [0.25, 0.3) is 11.1 Å². The van der Waals surface area contributed by atoms with Crippen molar-refractivity contribution in [3.8, 4) is 11.1 Å². The van der Waals surface area contributed by atoms with Gasteiger partial charge in [-0.15, -0.1) is 0 Å². The van der Waals surface area contributed by atoms with Crippen molar-refractivity contribution in [1.82, 2.24) is 0 Å². The predicted octanol–water partition coefficient (Wildman–Crippen LogP) is 5.21. The number of hydrogen-bond acceptors (Lipinski definition) is 4. The van der Waals surface area contributed by atoms with Crippen LogP contribution in [0.1, 0.15) is 61.0 Å². The standard InChI is InChI=1S/C24H23NO3/c1-15-10-12-24(13-11-15)21-7-5-4-6-19(21)20-9-8-18(14-22(20)24)23(27)16(2)25-28-17(3)26/h4-9,14H,1,10-13H2,2-3H3/b25-16+. The van der Waals surface area contributed by atoms with Crippen LogP contribution < -0.4 is 0 Å². The van der Waals surface area contributed by atoms with Gasteiger partial charge in [-0.05, 0) is 60.9 Å². The fraction of sp³-hybridized carbons (Fsp3) is 0.292. The summed E-state index contributed by atoms with van der Waals surface area (Å²) < 4.78 is 0. The van der Waals surface area contributed by atoms with Crippen LogP contribution in [0, 0.1) is 0 Å². The molecule has 0 aliphatic heterocycles. The lowest BCUT2D eigenvalue weighted by Crippen LogP contribution is -2.29. The second-order valence-electron chi connectivity index (χ2n) is 7.73. The largest absolute Gasteiger partial charge is 0.331 e. The molecule has 0 radical (unpaired) electrons. The first-order valence-electron chi connectivity index (χ1n) is 9.60. The molecule has 28 heavy (non-hydrogen) atoms. The van der Waals surface area contributed by atoms with Gasteiger partial charge in [0.25, 0.3) is 0 Å². The minimum absolute atomic E-state index is 0.0651. The third kappa shape index (κ3) is 2.89. The van der Waals surface area contributed by atoms with Crippen LogP contribution in [-0.2, 0) is 15.0 Å². The molecule has 0 aromatic heterocycles. The number of oxime groups is 1. The fourth-order valence-corrected chi connectivity index (χ4v) is 4.55. The van der Waals surface area contributed by atoms with E-state index in [2.05, 4.69) is 40.8 Å². The topological polar surface area (TPSA) is 55.7 Å². The predicted molar refractivity (Wildman–Crippen MR) is 109 cm³/mol. The van der Waals surface area contributed by atoms with Gasteiger partial charge in [-0.3, -0.25) is 4.79 Å². The molecule has 2 aromatic carbocycles. The average Bonchev–Trinajstić information content (AvgIpc) is 2.97. The minimum Gasteiger partial charge on any atom is -0.318 e. The van der Waals surface area contributed by atoms with E-state index in [4.69, 9.17) is 0 Å². The Morgan fingerprint density at radius 2 is 1.68 bits per heavy atom. The second-order valence-corrected chi connectivity index (χ2v) is 7.73. The van der Waals surface area contributed by atoms with Crippen molar-refractivity contribution >= 4 is 17.5 Å². The zero-order chi connectivity index (χ0) is 19.9. The van der Waals surface area contributed by atoms with Crippen molar-refractivity contribution in [3.05, 3.63) is 71.3 Å². The van der Waals surface area contributed by atoms with Crippen LogP contribution in [0.3, 0.4) is 0 Å². The van der Waals surface area contributed by atoms with Gasteiger partial charge in [0.1, 0.15) is 5.71 Å². The second kappa shape index (κ2) is 6.86. The van der Waals surface area contributed by atoms with Gasteiger partial charge in [0.2, 0.25) is 5.78 Å². The van der Waals surface area contributed by atoms with Gasteiger partial charge in [-0.25, -0.2) is 4.79 Å². The number of rotatable bonds is 3. The van der Waals surface area contributed by atoms with Crippen molar-refractivity contribution < 1.29 is 14.4 Å². The number of hydrogen-bond donors (Lipinski definition) is 0. The highest BCUT2D eigenvalue weighted by molar-refractivity contribution is 6.45. The molecule has 0 bridgehead atoms. The molecule has 142 valence electrons. The summed E-state index contributed by atoms with van der Waals surface area (Å²) in [5.74, 6) is -0.770. The number of benzene rings is 2. The molecule has 0 atom stereocenters. The molecule has 4 nitrogen and oxygen atoms in total. The van der Waals surface area contributed by atoms with E-state index in [1.165, 1.54) is 34.8 Å². The van der Waals surface area contributed by atoms with Crippen molar-refractivity contribution in [2.45, 2.75) is 44.9 Å². The van der Waals surface area contributed by atoms with Crippen LogP contribution in [0.4, 0.5) is 0 Å². The Hall–Kier alpha value is -3.01. The Balaban J connectivity index is 1.79. The number of fused-ring (bicyclic) bond motifs is 5. The van der Waals surface area contributed by atoms with E-state index in [0.717, 1.165) is 25.7 Å². The molecule has 0 unspecified atom stereocenters. The monoisotopic (exact) mass is 373 g/mol. The summed E-state index contributed by atoms with van der Waals surface area (Å²) in [6.07, 6.45) is 4.01. The molecular weight excluding hydrogens is 350 g/mol. The molecule has 1 fully saturated rings. The Morgan fingerprint density at radius 1 is 1.00 bits per heavy atom. The Kier molecular flexibility index (Phi) is 4.50. The van der Waals surface area contributed by atoms with E-state index >= 15 is 0 Å². The number of allylic oxidation sites excluding steroid dienone is 1. The number of carbonyl (C=O) groups is 2. The van der Waals surface area contributed by atoms with E-state index in [9.17, 15) is 9.59 Å². The van der Waals surface area contributed by atoms with Gasteiger partial charge < -0.3 is 4.84 Å². The van der Waals surface area contributed by atoms with Crippen molar-refractivity contribution in [1.29, 1.82) is 0 Å². The van der Waals surface area contributed by atoms with E-state index in [1.807, 2.05) is 18.2 Å². The summed E-state index contributed by atoms with van der Waals surface area (Å²) in [5.41, 5.74) is 7.00. The van der Waals surface area contributed by atoms with Gasteiger partial charge in [0.05, 0.1) is 0 Å². The summed E-state index contributed by atoms with van der Waals surface area (Å²) in [4.78, 5) is 28.4. The van der Waals surface area contributed by atoms with Crippen LogP contribution in [0.5, 0.6) is 0 Å². The van der Waals surface area contributed by atoms with Gasteiger partial charge in [0, 0.05) is 17.9 Å². The lowest BCUT2D eigenvalue weighted by Gasteiger charge is -2.37. The molecule has 0 amide bonds. The van der Waals surface area contributed by atoms with Crippen LogP contribution in [-0.4, -0.2) is 17.5 Å². The van der Waals surface area contributed by atoms with Gasteiger partial charge >= 0.3 is 5.97 Å². The number of carbonyl (C=O) groups excluding carboxylic acids is 2. The average molecular weight is 373 g/mol. The fourth-order valence-electron chi connectivity index (χ4n) is 4.55. The number of Topliss-reactive ketones (excluding diaryl/α,β-unsaturated/α-hetero) is 1.